The molecule has 1 atom stereocenters. The van der Waals surface area contributed by atoms with E-state index in [0.717, 1.165) is 64.2 Å². The highest BCUT2D eigenvalue weighted by Gasteiger charge is 2.19. The molecule has 0 aromatic rings. The van der Waals surface area contributed by atoms with Crippen molar-refractivity contribution >= 4 is 17.9 Å². The molecule has 6 heteroatoms. The zero-order valence-electron chi connectivity index (χ0n) is 41.2. The Balaban J connectivity index is 4.04. The Hall–Kier alpha value is -1.85. The van der Waals surface area contributed by atoms with Gasteiger partial charge in [0.2, 0.25) is 0 Å². The van der Waals surface area contributed by atoms with Gasteiger partial charge in [0.1, 0.15) is 13.2 Å². The first-order valence-electron chi connectivity index (χ1n) is 27.2. The van der Waals surface area contributed by atoms with Gasteiger partial charge in [-0.05, 0) is 44.9 Å². The van der Waals surface area contributed by atoms with E-state index in [1.165, 1.54) is 199 Å². The summed E-state index contributed by atoms with van der Waals surface area (Å²) in [6.45, 7) is 6.60. The quantitative estimate of drug-likeness (QED) is 0.0262. The van der Waals surface area contributed by atoms with Gasteiger partial charge in [-0.2, -0.15) is 0 Å². The van der Waals surface area contributed by atoms with Crippen molar-refractivity contribution in [2.75, 3.05) is 13.2 Å². The van der Waals surface area contributed by atoms with E-state index in [0.29, 0.717) is 19.3 Å². The monoisotopic (exact) mass is 861 g/mol. The van der Waals surface area contributed by atoms with Crippen molar-refractivity contribution in [1.29, 1.82) is 0 Å². The van der Waals surface area contributed by atoms with Crippen molar-refractivity contribution in [3.05, 3.63) is 12.2 Å². The summed E-state index contributed by atoms with van der Waals surface area (Å²) in [5.74, 6) is -0.872. The summed E-state index contributed by atoms with van der Waals surface area (Å²) in [4.78, 5) is 37.7. The van der Waals surface area contributed by atoms with Crippen LogP contribution in [-0.4, -0.2) is 37.2 Å². The first-order chi connectivity index (χ1) is 30.0. The number of rotatable bonds is 50. The molecule has 1 unspecified atom stereocenters. The zero-order valence-corrected chi connectivity index (χ0v) is 41.2. The van der Waals surface area contributed by atoms with Crippen LogP contribution in [0.5, 0.6) is 0 Å². The van der Waals surface area contributed by atoms with Crippen molar-refractivity contribution in [2.24, 2.45) is 0 Å². The Morgan fingerprint density at radius 3 is 0.836 bits per heavy atom. The fraction of sp³-hybridized carbons (Fsp3) is 0.909. The number of esters is 3. The average Bonchev–Trinajstić information content (AvgIpc) is 3.26. The topological polar surface area (TPSA) is 78.9 Å². The summed E-state index contributed by atoms with van der Waals surface area (Å²) in [5.41, 5.74) is 0. The maximum absolute atomic E-state index is 12.7. The standard InChI is InChI=1S/C55H104O6/c1-4-7-10-13-16-18-20-22-23-24-25-26-27-28-29-30-31-32-34-35-37-39-42-45-48-54(57)60-51-52(50-59-53(56)47-44-41-15-12-9-6-3)61-55(58)49-46-43-40-38-36-33-21-19-17-14-11-8-5-2/h19,21,52H,4-18,20,22-51H2,1-3H3/b21-19-. The summed E-state index contributed by atoms with van der Waals surface area (Å²) in [5, 5.41) is 0. The fourth-order valence-corrected chi connectivity index (χ4v) is 8.14. The smallest absolute Gasteiger partial charge is 0.306 e. The van der Waals surface area contributed by atoms with Crippen LogP contribution in [-0.2, 0) is 28.6 Å². The molecule has 0 N–H and O–H groups in total. The van der Waals surface area contributed by atoms with Gasteiger partial charge in [-0.3, -0.25) is 14.4 Å². The molecule has 0 radical (unpaired) electrons. The van der Waals surface area contributed by atoms with Gasteiger partial charge in [0.25, 0.3) is 0 Å². The Bertz CT molecular complexity index is 947. The van der Waals surface area contributed by atoms with Crippen molar-refractivity contribution in [1.82, 2.24) is 0 Å². The summed E-state index contributed by atoms with van der Waals surface area (Å²) in [6.07, 6.45) is 56.7. The lowest BCUT2D eigenvalue weighted by Gasteiger charge is -2.18. The van der Waals surface area contributed by atoms with E-state index in [1.54, 1.807) is 0 Å². The third kappa shape index (κ3) is 49.0. The van der Waals surface area contributed by atoms with Gasteiger partial charge in [0, 0.05) is 19.3 Å². The zero-order chi connectivity index (χ0) is 44.4. The molecular formula is C55H104O6. The van der Waals surface area contributed by atoms with Crippen molar-refractivity contribution < 1.29 is 28.6 Å². The van der Waals surface area contributed by atoms with E-state index < -0.39 is 6.10 Å². The summed E-state index contributed by atoms with van der Waals surface area (Å²) < 4.78 is 16.7. The third-order valence-electron chi connectivity index (χ3n) is 12.3. The van der Waals surface area contributed by atoms with Crippen LogP contribution in [0.15, 0.2) is 12.2 Å². The van der Waals surface area contributed by atoms with Crippen LogP contribution >= 0.6 is 0 Å². The highest BCUT2D eigenvalue weighted by Crippen LogP contribution is 2.17. The van der Waals surface area contributed by atoms with Crippen molar-refractivity contribution in [3.63, 3.8) is 0 Å². The number of allylic oxidation sites excluding steroid dienone is 2. The van der Waals surface area contributed by atoms with Gasteiger partial charge in [-0.1, -0.05) is 251 Å². The molecular weight excluding hydrogens is 757 g/mol. The first-order valence-corrected chi connectivity index (χ1v) is 27.2. The van der Waals surface area contributed by atoms with Gasteiger partial charge >= 0.3 is 17.9 Å². The molecule has 0 bridgehead atoms. The van der Waals surface area contributed by atoms with Gasteiger partial charge in [-0.15, -0.1) is 0 Å². The molecule has 0 aliphatic carbocycles. The summed E-state index contributed by atoms with van der Waals surface area (Å²) in [7, 11) is 0. The lowest BCUT2D eigenvalue weighted by Crippen LogP contribution is -2.30. The second kappa shape index (κ2) is 50.8. The predicted molar refractivity (Wildman–Crippen MR) is 261 cm³/mol. The minimum Gasteiger partial charge on any atom is -0.462 e. The van der Waals surface area contributed by atoms with E-state index in [2.05, 4.69) is 32.9 Å². The molecule has 360 valence electrons. The van der Waals surface area contributed by atoms with Gasteiger partial charge in [0.05, 0.1) is 0 Å². The molecule has 0 aliphatic heterocycles. The highest BCUT2D eigenvalue weighted by molar-refractivity contribution is 5.71. The number of hydrogen-bond donors (Lipinski definition) is 0. The minimum absolute atomic E-state index is 0.0691. The van der Waals surface area contributed by atoms with E-state index in [1.807, 2.05) is 0 Å². The van der Waals surface area contributed by atoms with E-state index >= 15 is 0 Å². The molecule has 0 aromatic heterocycles. The van der Waals surface area contributed by atoms with Crippen LogP contribution in [0.1, 0.15) is 303 Å². The van der Waals surface area contributed by atoms with Crippen molar-refractivity contribution in [3.8, 4) is 0 Å². The van der Waals surface area contributed by atoms with Gasteiger partial charge in [0.15, 0.2) is 6.10 Å². The van der Waals surface area contributed by atoms with Crippen LogP contribution in [0.3, 0.4) is 0 Å². The SMILES string of the molecule is CCCCCC/C=C\CCCCCCCC(=O)OC(COC(=O)CCCCCCCC)COC(=O)CCCCCCCCCCCCCCCCCCCCCCCCCC. The van der Waals surface area contributed by atoms with Crippen LogP contribution in [0, 0.1) is 0 Å². The van der Waals surface area contributed by atoms with Gasteiger partial charge in [-0.25, -0.2) is 0 Å². The Kier molecular flexibility index (Phi) is 49.3. The number of ether oxygens (including phenoxy) is 3. The average molecular weight is 861 g/mol. The van der Waals surface area contributed by atoms with Crippen LogP contribution in [0.25, 0.3) is 0 Å². The highest BCUT2D eigenvalue weighted by atomic mass is 16.6. The van der Waals surface area contributed by atoms with E-state index in [4.69, 9.17) is 14.2 Å². The van der Waals surface area contributed by atoms with E-state index in [-0.39, 0.29) is 31.1 Å². The van der Waals surface area contributed by atoms with Crippen molar-refractivity contribution in [2.45, 2.75) is 309 Å². The van der Waals surface area contributed by atoms with Crippen LogP contribution in [0.4, 0.5) is 0 Å². The first kappa shape index (κ1) is 59.1. The fourth-order valence-electron chi connectivity index (χ4n) is 8.14. The second-order valence-electron chi connectivity index (χ2n) is 18.5. The normalized spacial score (nSPS) is 12.0. The third-order valence-corrected chi connectivity index (χ3v) is 12.3. The molecule has 0 saturated carbocycles. The maximum atomic E-state index is 12.7. The lowest BCUT2D eigenvalue weighted by atomic mass is 10.0. The maximum Gasteiger partial charge on any atom is 0.306 e. The Morgan fingerprint density at radius 1 is 0.311 bits per heavy atom. The molecule has 0 aliphatic rings. The molecule has 0 saturated heterocycles. The molecule has 0 fully saturated rings. The molecule has 61 heavy (non-hydrogen) atoms. The van der Waals surface area contributed by atoms with Crippen LogP contribution < -0.4 is 0 Å². The van der Waals surface area contributed by atoms with Gasteiger partial charge < -0.3 is 14.2 Å². The number of unbranched alkanes of at least 4 members (excludes halogenated alkanes) is 37. The molecule has 0 heterocycles. The van der Waals surface area contributed by atoms with Crippen LogP contribution in [0.2, 0.25) is 0 Å². The number of carbonyl (C=O) groups excluding carboxylic acids is 3. The molecule has 0 spiro atoms. The molecule has 0 amide bonds. The Labute approximate surface area is 380 Å². The summed E-state index contributed by atoms with van der Waals surface area (Å²) >= 11 is 0. The second-order valence-corrected chi connectivity index (χ2v) is 18.5. The largest absolute Gasteiger partial charge is 0.462 e. The molecule has 0 aromatic carbocycles. The Morgan fingerprint density at radius 2 is 0.541 bits per heavy atom. The molecule has 6 nitrogen and oxygen atoms in total. The predicted octanol–water partition coefficient (Wildman–Crippen LogP) is 17.8. The lowest BCUT2D eigenvalue weighted by molar-refractivity contribution is -0.167. The summed E-state index contributed by atoms with van der Waals surface area (Å²) in [6, 6.07) is 0. The minimum atomic E-state index is -0.766. The number of hydrogen-bond acceptors (Lipinski definition) is 6. The van der Waals surface area contributed by atoms with E-state index in [9.17, 15) is 14.4 Å². The molecule has 0 rings (SSSR count). The number of carbonyl (C=O) groups is 3.